The first-order valence-corrected chi connectivity index (χ1v) is 9.79. The van der Waals surface area contributed by atoms with Gasteiger partial charge in [-0.25, -0.2) is 0 Å². The average molecular weight is 379 g/mol. The summed E-state index contributed by atoms with van der Waals surface area (Å²) in [5, 5.41) is 6.95. The molecule has 0 saturated heterocycles. The summed E-state index contributed by atoms with van der Waals surface area (Å²) in [4.78, 5) is 9.87. The molecule has 2 N–H and O–H groups in total. The first-order chi connectivity index (χ1) is 12.9. The van der Waals surface area contributed by atoms with E-state index in [4.69, 9.17) is 9.98 Å². The minimum Gasteiger partial charge on any atom is -0.337 e. The second kappa shape index (κ2) is 8.59. The summed E-state index contributed by atoms with van der Waals surface area (Å²) in [6.45, 7) is 16.7. The van der Waals surface area contributed by atoms with Crippen LogP contribution < -0.4 is 10.6 Å². The van der Waals surface area contributed by atoms with Gasteiger partial charge in [0.25, 0.3) is 0 Å². The molecule has 0 aliphatic rings. The van der Waals surface area contributed by atoms with E-state index in [2.05, 4.69) is 115 Å². The summed E-state index contributed by atoms with van der Waals surface area (Å²) in [5.74, 6) is 1.46. The van der Waals surface area contributed by atoms with Crippen LogP contribution in [0.5, 0.6) is 0 Å². The lowest BCUT2D eigenvalue weighted by molar-refractivity contribution is 0.579. The molecule has 0 aliphatic heterocycles. The molecule has 0 aromatic heterocycles. The van der Waals surface area contributed by atoms with Gasteiger partial charge in [0.1, 0.15) is 0 Å². The highest BCUT2D eigenvalue weighted by Gasteiger charge is 2.19. The monoisotopic (exact) mass is 378 g/mol. The van der Waals surface area contributed by atoms with Gasteiger partial charge in [0.15, 0.2) is 11.7 Å². The molecular formula is C24H34N4. The van der Waals surface area contributed by atoms with Crippen LogP contribution >= 0.6 is 0 Å². The van der Waals surface area contributed by atoms with Gasteiger partial charge >= 0.3 is 0 Å². The van der Waals surface area contributed by atoms with Crippen molar-refractivity contribution < 1.29 is 0 Å². The molecule has 0 bridgehead atoms. The van der Waals surface area contributed by atoms with Crippen molar-refractivity contribution in [3.63, 3.8) is 0 Å². The molecule has 2 aromatic rings. The number of hydrogen-bond acceptors (Lipinski definition) is 2. The van der Waals surface area contributed by atoms with Gasteiger partial charge in [-0.05, 0) is 79.7 Å². The molecule has 0 atom stereocenters. The quantitative estimate of drug-likeness (QED) is 0.481. The van der Waals surface area contributed by atoms with Crippen LogP contribution in [0.1, 0.15) is 52.7 Å². The Hall–Kier alpha value is -2.62. The number of hydrogen-bond donors (Lipinski definition) is 2. The SMILES string of the molecule is Cc1ccc(NC(=NC(C)(C)C)C(=NC(C)(C)C)Nc2ccc(C)cc2)cc1. The van der Waals surface area contributed by atoms with E-state index in [9.17, 15) is 0 Å². The summed E-state index contributed by atoms with van der Waals surface area (Å²) < 4.78 is 0. The zero-order chi connectivity index (χ0) is 20.9. The maximum absolute atomic E-state index is 4.94. The van der Waals surface area contributed by atoms with Crippen LogP contribution in [0, 0.1) is 13.8 Å². The Bertz CT molecular complexity index is 757. The molecule has 0 amide bonds. The minimum atomic E-state index is -0.249. The number of nitrogens with zero attached hydrogens (tertiary/aromatic N) is 2. The van der Waals surface area contributed by atoms with Crippen molar-refractivity contribution >= 4 is 23.0 Å². The van der Waals surface area contributed by atoms with E-state index in [0.29, 0.717) is 0 Å². The molecule has 28 heavy (non-hydrogen) atoms. The van der Waals surface area contributed by atoms with E-state index in [0.717, 1.165) is 23.0 Å². The molecule has 2 aromatic carbocycles. The van der Waals surface area contributed by atoms with E-state index >= 15 is 0 Å². The van der Waals surface area contributed by atoms with E-state index in [-0.39, 0.29) is 11.1 Å². The summed E-state index contributed by atoms with van der Waals surface area (Å²) >= 11 is 0. The molecule has 0 heterocycles. The first kappa shape index (κ1) is 21.7. The second-order valence-corrected chi connectivity index (χ2v) is 9.24. The number of nitrogens with one attached hydrogen (secondary N) is 2. The smallest absolute Gasteiger partial charge is 0.169 e. The molecule has 0 fully saturated rings. The van der Waals surface area contributed by atoms with Crippen LogP contribution in [0.4, 0.5) is 11.4 Å². The Morgan fingerprint density at radius 1 is 0.571 bits per heavy atom. The number of amidine groups is 2. The predicted octanol–water partition coefficient (Wildman–Crippen LogP) is 6.22. The van der Waals surface area contributed by atoms with Crippen LogP contribution in [-0.2, 0) is 0 Å². The average Bonchev–Trinajstić information content (AvgIpc) is 2.55. The van der Waals surface area contributed by atoms with Crippen LogP contribution in [0.15, 0.2) is 58.5 Å². The van der Waals surface area contributed by atoms with Crippen molar-refractivity contribution in [3.05, 3.63) is 59.7 Å². The zero-order valence-corrected chi connectivity index (χ0v) is 18.5. The van der Waals surface area contributed by atoms with Gasteiger partial charge in [0.05, 0.1) is 11.1 Å². The van der Waals surface area contributed by atoms with Gasteiger partial charge in [-0.3, -0.25) is 9.98 Å². The van der Waals surface area contributed by atoms with Crippen molar-refractivity contribution in [2.45, 2.75) is 66.5 Å². The minimum absolute atomic E-state index is 0.249. The highest BCUT2D eigenvalue weighted by molar-refractivity contribution is 6.48. The van der Waals surface area contributed by atoms with E-state index in [1.165, 1.54) is 11.1 Å². The fourth-order valence-electron chi connectivity index (χ4n) is 2.50. The van der Waals surface area contributed by atoms with E-state index in [1.807, 2.05) is 0 Å². The third-order valence-electron chi connectivity index (χ3n) is 3.75. The third kappa shape index (κ3) is 7.55. The molecule has 150 valence electrons. The van der Waals surface area contributed by atoms with Gasteiger partial charge < -0.3 is 10.6 Å². The van der Waals surface area contributed by atoms with Crippen molar-refractivity contribution in [1.82, 2.24) is 0 Å². The standard InChI is InChI=1S/C24H34N4/c1-17-9-13-19(14-10-17)25-21(27-23(3,4)5)22(28-24(6,7)8)26-20-15-11-18(2)12-16-20/h9-16H,1-8H3,(H,25,27)(H,26,28). The number of aliphatic imine (C=N–C) groups is 2. The number of aryl methyl sites for hydroxylation is 2. The molecule has 4 heteroatoms. The lowest BCUT2D eigenvalue weighted by atomic mass is 10.1. The Kier molecular flexibility index (Phi) is 6.65. The van der Waals surface area contributed by atoms with Crippen molar-refractivity contribution in [2.24, 2.45) is 9.98 Å². The van der Waals surface area contributed by atoms with Crippen molar-refractivity contribution in [1.29, 1.82) is 0 Å². The fourth-order valence-corrected chi connectivity index (χ4v) is 2.50. The summed E-state index contributed by atoms with van der Waals surface area (Å²) in [6, 6.07) is 16.6. The van der Waals surface area contributed by atoms with Crippen molar-refractivity contribution in [3.8, 4) is 0 Å². The molecule has 0 aliphatic carbocycles. The molecule has 4 nitrogen and oxygen atoms in total. The Morgan fingerprint density at radius 3 is 1.11 bits per heavy atom. The van der Waals surface area contributed by atoms with Gasteiger partial charge in [0, 0.05) is 11.4 Å². The van der Waals surface area contributed by atoms with Crippen LogP contribution in [-0.4, -0.2) is 22.7 Å². The molecule has 0 saturated carbocycles. The third-order valence-corrected chi connectivity index (χ3v) is 3.75. The van der Waals surface area contributed by atoms with Crippen LogP contribution in [0.3, 0.4) is 0 Å². The van der Waals surface area contributed by atoms with Crippen molar-refractivity contribution in [2.75, 3.05) is 10.6 Å². The molecule has 0 radical (unpaired) electrons. The highest BCUT2D eigenvalue weighted by atomic mass is 15.1. The number of benzene rings is 2. The maximum atomic E-state index is 4.94. The lowest BCUT2D eigenvalue weighted by Crippen LogP contribution is -2.35. The zero-order valence-electron chi connectivity index (χ0n) is 18.5. The van der Waals surface area contributed by atoms with Gasteiger partial charge in [0.2, 0.25) is 0 Å². The first-order valence-electron chi connectivity index (χ1n) is 9.79. The second-order valence-electron chi connectivity index (χ2n) is 9.24. The van der Waals surface area contributed by atoms with Crippen LogP contribution in [0.2, 0.25) is 0 Å². The van der Waals surface area contributed by atoms with Gasteiger partial charge in [-0.2, -0.15) is 0 Å². The maximum Gasteiger partial charge on any atom is 0.169 e. The number of anilines is 2. The molecule has 2 rings (SSSR count). The summed E-state index contributed by atoms with van der Waals surface area (Å²) in [5.41, 5.74) is 3.92. The summed E-state index contributed by atoms with van der Waals surface area (Å²) in [6.07, 6.45) is 0. The van der Waals surface area contributed by atoms with Gasteiger partial charge in [-0.1, -0.05) is 35.4 Å². The highest BCUT2D eigenvalue weighted by Crippen LogP contribution is 2.17. The largest absolute Gasteiger partial charge is 0.337 e. The predicted molar refractivity (Wildman–Crippen MR) is 124 cm³/mol. The molecule has 0 unspecified atom stereocenters. The Morgan fingerprint density at radius 2 is 0.857 bits per heavy atom. The number of rotatable bonds is 2. The normalized spacial score (nSPS) is 13.4. The molecule has 0 spiro atoms. The Balaban J connectivity index is 2.47. The lowest BCUT2D eigenvalue weighted by Gasteiger charge is -2.23. The van der Waals surface area contributed by atoms with E-state index < -0.39 is 0 Å². The topological polar surface area (TPSA) is 48.8 Å². The van der Waals surface area contributed by atoms with Crippen LogP contribution in [0.25, 0.3) is 0 Å². The molecular weight excluding hydrogens is 344 g/mol. The fraction of sp³-hybridized carbons (Fsp3) is 0.417. The summed E-state index contributed by atoms with van der Waals surface area (Å²) in [7, 11) is 0. The van der Waals surface area contributed by atoms with E-state index in [1.54, 1.807) is 0 Å². The van der Waals surface area contributed by atoms with Gasteiger partial charge in [-0.15, -0.1) is 0 Å². The Labute approximate surface area is 170 Å².